The van der Waals surface area contributed by atoms with Crippen molar-refractivity contribution in [1.29, 1.82) is 0 Å². The van der Waals surface area contributed by atoms with Crippen LogP contribution >= 0.6 is 11.6 Å². The maximum atomic E-state index is 12.4. The van der Waals surface area contributed by atoms with E-state index in [2.05, 4.69) is 30.6 Å². The van der Waals surface area contributed by atoms with Crippen LogP contribution in [0.3, 0.4) is 0 Å². The normalized spacial score (nSPS) is 14.8. The molecule has 0 amide bonds. The summed E-state index contributed by atoms with van der Waals surface area (Å²) in [4.78, 5) is 29.1. The molecule has 0 atom stereocenters. The number of aryl methyl sites for hydroxylation is 1. The summed E-state index contributed by atoms with van der Waals surface area (Å²) >= 11 is 6.17. The molecule has 3 aromatic rings. The van der Waals surface area contributed by atoms with Gasteiger partial charge in [-0.25, -0.2) is 0 Å². The lowest BCUT2D eigenvalue weighted by molar-refractivity contribution is 0.649. The number of nitrogens with zero attached hydrogens (tertiary/aromatic N) is 2. The molecule has 1 fully saturated rings. The molecular weight excluding hydrogens is 384 g/mol. The zero-order valence-corrected chi connectivity index (χ0v) is 17.8. The van der Waals surface area contributed by atoms with Crippen LogP contribution in [0.25, 0.3) is 11.1 Å². The lowest BCUT2D eigenvalue weighted by Gasteiger charge is -2.38. The van der Waals surface area contributed by atoms with E-state index >= 15 is 0 Å². The van der Waals surface area contributed by atoms with Crippen LogP contribution in [0.15, 0.2) is 52.1 Å². The second kappa shape index (κ2) is 7.68. The van der Waals surface area contributed by atoms with Gasteiger partial charge in [-0.2, -0.15) is 0 Å². The molecule has 0 radical (unpaired) electrons. The zero-order valence-electron chi connectivity index (χ0n) is 17.0. The van der Waals surface area contributed by atoms with Crippen LogP contribution in [0.1, 0.15) is 30.9 Å². The first-order chi connectivity index (χ1) is 13.9. The van der Waals surface area contributed by atoms with Crippen LogP contribution in [0.4, 0.5) is 11.4 Å². The Bertz CT molecular complexity index is 1100. The molecule has 150 valence electrons. The molecule has 0 bridgehead atoms. The van der Waals surface area contributed by atoms with E-state index in [9.17, 15) is 9.59 Å². The van der Waals surface area contributed by atoms with Gasteiger partial charge in [0.1, 0.15) is 5.69 Å². The van der Waals surface area contributed by atoms with Crippen LogP contribution in [-0.4, -0.2) is 26.2 Å². The van der Waals surface area contributed by atoms with Crippen LogP contribution in [-0.2, 0) is 0 Å². The zero-order chi connectivity index (χ0) is 20.7. The molecule has 3 aromatic carbocycles. The maximum absolute atomic E-state index is 12.4. The largest absolute Gasteiger partial charge is 0.368 e. The van der Waals surface area contributed by atoms with E-state index in [1.807, 2.05) is 42.5 Å². The van der Waals surface area contributed by atoms with Crippen LogP contribution < -0.4 is 20.7 Å². The molecule has 0 unspecified atom stereocenters. The van der Waals surface area contributed by atoms with E-state index in [4.69, 9.17) is 11.6 Å². The summed E-state index contributed by atoms with van der Waals surface area (Å²) in [5.74, 6) is 0.430. The van der Waals surface area contributed by atoms with Crippen molar-refractivity contribution < 1.29 is 0 Å². The van der Waals surface area contributed by atoms with Gasteiger partial charge >= 0.3 is 0 Å². The minimum atomic E-state index is -0.370. The molecule has 0 aromatic heterocycles. The molecule has 4 rings (SSSR count). The fraction of sp³-hybridized carbons (Fsp3) is 0.333. The second-order valence-electron chi connectivity index (χ2n) is 8.06. The lowest BCUT2D eigenvalue weighted by Crippen LogP contribution is -2.51. The molecule has 5 heteroatoms. The Morgan fingerprint density at radius 2 is 1.48 bits per heavy atom. The third kappa shape index (κ3) is 3.58. The van der Waals surface area contributed by atoms with Crippen molar-refractivity contribution in [3.05, 3.63) is 79.1 Å². The van der Waals surface area contributed by atoms with Gasteiger partial charge in [0.05, 0.1) is 5.56 Å². The monoisotopic (exact) mass is 408 g/mol. The van der Waals surface area contributed by atoms with Gasteiger partial charge < -0.3 is 9.80 Å². The topological polar surface area (TPSA) is 40.6 Å². The first kappa shape index (κ1) is 19.7. The van der Waals surface area contributed by atoms with Gasteiger partial charge in [-0.05, 0) is 41.7 Å². The predicted molar refractivity (Wildman–Crippen MR) is 121 cm³/mol. The van der Waals surface area contributed by atoms with E-state index in [-0.39, 0.29) is 10.9 Å². The number of anilines is 2. The van der Waals surface area contributed by atoms with Crippen molar-refractivity contribution in [3.63, 3.8) is 0 Å². The molecule has 29 heavy (non-hydrogen) atoms. The minimum Gasteiger partial charge on any atom is -0.368 e. The minimum absolute atomic E-state index is 0.361. The number of benzene rings is 2. The highest BCUT2D eigenvalue weighted by molar-refractivity contribution is 6.30. The van der Waals surface area contributed by atoms with Gasteiger partial charge in [-0.3, -0.25) is 9.59 Å². The third-order valence-electron chi connectivity index (χ3n) is 5.86. The Hall–Kier alpha value is -2.59. The molecule has 1 aliphatic heterocycles. The summed E-state index contributed by atoms with van der Waals surface area (Å²) in [5.41, 5.74) is 4.79. The summed E-state index contributed by atoms with van der Waals surface area (Å²) in [6, 6.07) is 13.9. The van der Waals surface area contributed by atoms with Crippen molar-refractivity contribution in [3.8, 4) is 11.1 Å². The SMILES string of the molecule is Cc1ccc(Cl)cc1N1CCN(c2c(-c3ccc(C(C)C)cc3)c(=O)c2=O)CC1. The number of hydrogen-bond acceptors (Lipinski definition) is 4. The number of rotatable bonds is 4. The van der Waals surface area contributed by atoms with E-state index in [0.717, 1.165) is 29.4 Å². The van der Waals surface area contributed by atoms with Gasteiger partial charge in [0.15, 0.2) is 0 Å². The Morgan fingerprint density at radius 1 is 0.862 bits per heavy atom. The Balaban J connectivity index is 1.55. The van der Waals surface area contributed by atoms with Crippen molar-refractivity contribution in [2.24, 2.45) is 0 Å². The Kier molecular flexibility index (Phi) is 5.22. The van der Waals surface area contributed by atoms with Crippen molar-refractivity contribution in [2.45, 2.75) is 26.7 Å². The van der Waals surface area contributed by atoms with Gasteiger partial charge in [-0.1, -0.05) is 55.8 Å². The summed E-state index contributed by atoms with van der Waals surface area (Å²) < 4.78 is 0. The number of piperazine rings is 1. The second-order valence-corrected chi connectivity index (χ2v) is 8.50. The van der Waals surface area contributed by atoms with E-state index in [1.165, 1.54) is 11.1 Å². The average molecular weight is 409 g/mol. The first-order valence-electron chi connectivity index (χ1n) is 10.1. The van der Waals surface area contributed by atoms with E-state index in [0.29, 0.717) is 30.3 Å². The van der Waals surface area contributed by atoms with Crippen molar-refractivity contribution >= 4 is 23.0 Å². The molecule has 1 heterocycles. The lowest BCUT2D eigenvalue weighted by atomic mass is 9.94. The average Bonchev–Trinajstić information content (AvgIpc) is 2.73. The standard InChI is InChI=1S/C24H25ClN2O2/c1-15(2)17-5-7-18(8-6-17)21-22(24(29)23(21)28)27-12-10-26(11-13-27)20-14-19(25)9-4-16(20)3/h4-9,14-15H,10-13H2,1-3H3. The highest BCUT2D eigenvalue weighted by Crippen LogP contribution is 2.30. The van der Waals surface area contributed by atoms with Crippen LogP contribution in [0.2, 0.25) is 5.02 Å². The van der Waals surface area contributed by atoms with Gasteiger partial charge in [-0.15, -0.1) is 0 Å². The molecule has 0 aliphatic carbocycles. The molecule has 0 saturated carbocycles. The van der Waals surface area contributed by atoms with Gasteiger partial charge in [0.2, 0.25) is 10.9 Å². The molecular formula is C24H25ClN2O2. The molecule has 4 nitrogen and oxygen atoms in total. The summed E-state index contributed by atoms with van der Waals surface area (Å²) in [6.45, 7) is 9.32. The van der Waals surface area contributed by atoms with Crippen molar-refractivity contribution in [2.75, 3.05) is 36.0 Å². The Labute approximate surface area is 176 Å². The highest BCUT2D eigenvalue weighted by Gasteiger charge is 2.29. The highest BCUT2D eigenvalue weighted by atomic mass is 35.5. The predicted octanol–water partition coefficient (Wildman–Crippen LogP) is 4.36. The molecule has 0 spiro atoms. The van der Waals surface area contributed by atoms with Crippen molar-refractivity contribution in [1.82, 2.24) is 0 Å². The molecule has 0 N–H and O–H groups in total. The fourth-order valence-electron chi connectivity index (χ4n) is 4.08. The Morgan fingerprint density at radius 3 is 2.10 bits per heavy atom. The van der Waals surface area contributed by atoms with Crippen LogP contribution in [0.5, 0.6) is 0 Å². The summed E-state index contributed by atoms with van der Waals surface area (Å²) in [6.07, 6.45) is 0. The first-order valence-corrected chi connectivity index (χ1v) is 10.4. The third-order valence-corrected chi connectivity index (χ3v) is 6.09. The fourth-order valence-corrected chi connectivity index (χ4v) is 4.24. The van der Waals surface area contributed by atoms with Gasteiger partial charge in [0.25, 0.3) is 0 Å². The molecule has 1 saturated heterocycles. The maximum Gasteiger partial charge on any atom is 0.250 e. The van der Waals surface area contributed by atoms with E-state index in [1.54, 1.807) is 0 Å². The number of hydrogen-bond donors (Lipinski definition) is 0. The number of halogens is 1. The van der Waals surface area contributed by atoms with E-state index < -0.39 is 0 Å². The summed E-state index contributed by atoms with van der Waals surface area (Å²) in [5, 5.41) is 0.725. The van der Waals surface area contributed by atoms with Gasteiger partial charge in [0, 0.05) is 36.9 Å². The summed E-state index contributed by atoms with van der Waals surface area (Å²) in [7, 11) is 0. The quantitative estimate of drug-likeness (QED) is 0.601. The smallest absolute Gasteiger partial charge is 0.250 e. The molecule has 1 aliphatic rings. The van der Waals surface area contributed by atoms with Crippen LogP contribution in [0, 0.1) is 6.92 Å².